The maximum Gasteiger partial charge on any atom is 0.223 e. The Kier molecular flexibility index (Phi) is 3.48. The molecule has 5 nitrogen and oxygen atoms in total. The monoisotopic (exact) mass is 302 g/mol. The lowest BCUT2D eigenvalue weighted by molar-refractivity contribution is -0.133. The molecule has 0 radical (unpaired) electrons. The van der Waals surface area contributed by atoms with Gasteiger partial charge in [0.1, 0.15) is 0 Å². The Bertz CT molecular complexity index is 565. The highest BCUT2D eigenvalue weighted by Crippen LogP contribution is 2.41. The SMILES string of the molecule is Cn1cc(CN2CCCC3(CCC(=O)N3CC3CC3)C2)cn1. The van der Waals surface area contributed by atoms with E-state index < -0.39 is 0 Å². The second-order valence-corrected chi connectivity index (χ2v) is 7.51. The lowest BCUT2D eigenvalue weighted by atomic mass is 9.86. The molecule has 1 amide bonds. The fourth-order valence-corrected chi connectivity index (χ4v) is 4.31. The van der Waals surface area contributed by atoms with Crippen molar-refractivity contribution in [2.24, 2.45) is 13.0 Å². The minimum absolute atomic E-state index is 0.125. The maximum absolute atomic E-state index is 12.4. The third kappa shape index (κ3) is 2.67. The van der Waals surface area contributed by atoms with Crippen LogP contribution in [0.3, 0.4) is 0 Å². The molecule has 1 saturated carbocycles. The molecule has 1 aromatic rings. The number of carbonyl (C=O) groups is 1. The molecule has 2 aliphatic heterocycles. The first-order valence-corrected chi connectivity index (χ1v) is 8.65. The first-order chi connectivity index (χ1) is 10.6. The van der Waals surface area contributed by atoms with E-state index in [4.69, 9.17) is 0 Å². The molecule has 2 saturated heterocycles. The van der Waals surface area contributed by atoms with Crippen LogP contribution in [0.1, 0.15) is 44.1 Å². The molecule has 22 heavy (non-hydrogen) atoms. The normalized spacial score (nSPS) is 29.7. The fraction of sp³-hybridized carbons (Fsp3) is 0.765. The Morgan fingerprint density at radius 2 is 2.23 bits per heavy atom. The van der Waals surface area contributed by atoms with E-state index in [1.807, 2.05) is 17.9 Å². The average molecular weight is 302 g/mol. The highest BCUT2D eigenvalue weighted by atomic mass is 16.2. The second-order valence-electron chi connectivity index (χ2n) is 7.51. The number of nitrogens with zero attached hydrogens (tertiary/aromatic N) is 4. The van der Waals surface area contributed by atoms with Gasteiger partial charge in [-0.15, -0.1) is 0 Å². The van der Waals surface area contributed by atoms with Crippen LogP contribution in [-0.4, -0.2) is 50.7 Å². The molecule has 3 fully saturated rings. The van der Waals surface area contributed by atoms with Crippen LogP contribution in [-0.2, 0) is 18.4 Å². The summed E-state index contributed by atoms with van der Waals surface area (Å²) in [5.41, 5.74) is 1.40. The van der Waals surface area contributed by atoms with Crippen LogP contribution < -0.4 is 0 Å². The lowest BCUT2D eigenvalue weighted by Gasteiger charge is -2.46. The second kappa shape index (κ2) is 5.37. The van der Waals surface area contributed by atoms with E-state index >= 15 is 0 Å². The highest BCUT2D eigenvalue weighted by molar-refractivity contribution is 5.80. The molecule has 0 N–H and O–H groups in total. The number of hydrogen-bond acceptors (Lipinski definition) is 3. The van der Waals surface area contributed by atoms with Crippen LogP contribution >= 0.6 is 0 Å². The summed E-state index contributed by atoms with van der Waals surface area (Å²) in [7, 11) is 1.97. The zero-order chi connectivity index (χ0) is 15.2. The molecule has 1 aliphatic carbocycles. The molecule has 120 valence electrons. The van der Waals surface area contributed by atoms with Gasteiger partial charge in [-0.3, -0.25) is 14.4 Å². The standard InChI is InChI=1S/C17H26N4O/c1-19-10-15(9-18-19)11-20-8-2-6-17(13-20)7-5-16(22)21(17)12-14-3-4-14/h9-10,14H,2-8,11-13H2,1H3. The van der Waals surface area contributed by atoms with Crippen molar-refractivity contribution in [2.75, 3.05) is 19.6 Å². The van der Waals surface area contributed by atoms with E-state index in [1.165, 1.54) is 31.2 Å². The smallest absolute Gasteiger partial charge is 0.223 e. The molecule has 3 heterocycles. The van der Waals surface area contributed by atoms with Gasteiger partial charge in [-0.2, -0.15) is 5.10 Å². The van der Waals surface area contributed by atoms with E-state index in [0.717, 1.165) is 44.9 Å². The van der Waals surface area contributed by atoms with Gasteiger partial charge in [0.2, 0.25) is 5.91 Å². The molecule has 0 bridgehead atoms. The lowest BCUT2D eigenvalue weighted by Crippen LogP contribution is -2.56. The minimum atomic E-state index is 0.125. The summed E-state index contributed by atoms with van der Waals surface area (Å²) < 4.78 is 1.87. The number of hydrogen-bond donors (Lipinski definition) is 0. The molecule has 4 rings (SSSR count). The van der Waals surface area contributed by atoms with Crippen molar-refractivity contribution in [1.29, 1.82) is 0 Å². The van der Waals surface area contributed by atoms with Crippen molar-refractivity contribution in [3.05, 3.63) is 18.0 Å². The van der Waals surface area contributed by atoms with E-state index in [0.29, 0.717) is 5.91 Å². The summed E-state index contributed by atoms with van der Waals surface area (Å²) in [6.45, 7) is 4.16. The van der Waals surface area contributed by atoms with Gasteiger partial charge in [0.15, 0.2) is 0 Å². The van der Waals surface area contributed by atoms with Crippen LogP contribution in [0, 0.1) is 5.92 Å². The van der Waals surface area contributed by atoms with Gasteiger partial charge in [0.25, 0.3) is 0 Å². The number of aryl methyl sites for hydroxylation is 1. The summed E-state index contributed by atoms with van der Waals surface area (Å²) in [6, 6.07) is 0. The van der Waals surface area contributed by atoms with Gasteiger partial charge < -0.3 is 4.90 Å². The van der Waals surface area contributed by atoms with Crippen LogP contribution in [0.2, 0.25) is 0 Å². The quantitative estimate of drug-likeness (QED) is 0.851. The average Bonchev–Trinajstić information content (AvgIpc) is 3.17. The fourth-order valence-electron chi connectivity index (χ4n) is 4.31. The van der Waals surface area contributed by atoms with Gasteiger partial charge >= 0.3 is 0 Å². The molecule has 1 unspecified atom stereocenters. The Balaban J connectivity index is 1.47. The molecule has 1 spiro atoms. The first kappa shape index (κ1) is 14.2. The molecule has 1 aromatic heterocycles. The zero-order valence-electron chi connectivity index (χ0n) is 13.5. The zero-order valence-corrected chi connectivity index (χ0v) is 13.5. The Labute approximate surface area is 132 Å². The predicted molar refractivity (Wildman–Crippen MR) is 84.1 cm³/mol. The van der Waals surface area contributed by atoms with Crippen LogP contribution in [0.25, 0.3) is 0 Å². The Morgan fingerprint density at radius 1 is 1.36 bits per heavy atom. The van der Waals surface area contributed by atoms with Crippen molar-refractivity contribution in [3.63, 3.8) is 0 Å². The predicted octanol–water partition coefficient (Wildman–Crippen LogP) is 1.79. The summed E-state index contributed by atoms with van der Waals surface area (Å²) in [4.78, 5) is 17.2. The van der Waals surface area contributed by atoms with E-state index in [2.05, 4.69) is 21.1 Å². The topological polar surface area (TPSA) is 41.4 Å². The maximum atomic E-state index is 12.4. The van der Waals surface area contributed by atoms with Crippen LogP contribution in [0.5, 0.6) is 0 Å². The number of amides is 1. The Hall–Kier alpha value is -1.36. The minimum Gasteiger partial charge on any atom is -0.335 e. The van der Waals surface area contributed by atoms with Crippen molar-refractivity contribution >= 4 is 5.91 Å². The summed E-state index contributed by atoms with van der Waals surface area (Å²) in [5, 5.41) is 4.27. The number of likely N-dealkylation sites (tertiary alicyclic amines) is 2. The highest BCUT2D eigenvalue weighted by Gasteiger charge is 2.48. The van der Waals surface area contributed by atoms with Gasteiger partial charge in [0, 0.05) is 44.9 Å². The molecule has 0 aromatic carbocycles. The van der Waals surface area contributed by atoms with E-state index in [-0.39, 0.29) is 5.54 Å². The molecular formula is C17H26N4O. The van der Waals surface area contributed by atoms with Crippen LogP contribution in [0.4, 0.5) is 0 Å². The van der Waals surface area contributed by atoms with E-state index in [9.17, 15) is 4.79 Å². The molecular weight excluding hydrogens is 276 g/mol. The van der Waals surface area contributed by atoms with Gasteiger partial charge in [0.05, 0.1) is 11.7 Å². The van der Waals surface area contributed by atoms with Crippen molar-refractivity contribution < 1.29 is 4.79 Å². The molecule has 3 aliphatic rings. The third-order valence-corrected chi connectivity index (χ3v) is 5.61. The number of aromatic nitrogens is 2. The molecule has 5 heteroatoms. The van der Waals surface area contributed by atoms with Gasteiger partial charge in [-0.05, 0) is 44.6 Å². The third-order valence-electron chi connectivity index (χ3n) is 5.61. The number of piperidine rings is 1. The largest absolute Gasteiger partial charge is 0.335 e. The number of carbonyl (C=O) groups excluding carboxylic acids is 1. The van der Waals surface area contributed by atoms with Crippen molar-refractivity contribution in [2.45, 2.75) is 50.6 Å². The van der Waals surface area contributed by atoms with Crippen LogP contribution in [0.15, 0.2) is 12.4 Å². The van der Waals surface area contributed by atoms with Gasteiger partial charge in [-0.1, -0.05) is 0 Å². The van der Waals surface area contributed by atoms with Gasteiger partial charge in [-0.25, -0.2) is 0 Å². The van der Waals surface area contributed by atoms with Crippen molar-refractivity contribution in [3.8, 4) is 0 Å². The first-order valence-electron chi connectivity index (χ1n) is 8.65. The summed E-state index contributed by atoms with van der Waals surface area (Å²) in [5.74, 6) is 1.18. The molecule has 1 atom stereocenters. The Morgan fingerprint density at radius 3 is 2.95 bits per heavy atom. The summed E-state index contributed by atoms with van der Waals surface area (Å²) >= 11 is 0. The number of rotatable bonds is 4. The van der Waals surface area contributed by atoms with E-state index in [1.54, 1.807) is 0 Å². The van der Waals surface area contributed by atoms with Crippen molar-refractivity contribution in [1.82, 2.24) is 19.6 Å². The summed E-state index contributed by atoms with van der Waals surface area (Å²) in [6.07, 6.45) is 10.9.